The van der Waals surface area contributed by atoms with Gasteiger partial charge in [0, 0.05) is 18.4 Å². The molecule has 0 bridgehead atoms. The number of carbonyl (C=O) groups is 3. The van der Waals surface area contributed by atoms with Gasteiger partial charge in [0.1, 0.15) is 12.1 Å². The van der Waals surface area contributed by atoms with Crippen LogP contribution < -0.4 is 11.1 Å². The van der Waals surface area contributed by atoms with E-state index in [2.05, 4.69) is 15.5 Å². The van der Waals surface area contributed by atoms with Gasteiger partial charge in [-0.1, -0.05) is 6.42 Å². The number of nitrogens with zero attached hydrogens (tertiary/aromatic N) is 1. The van der Waals surface area contributed by atoms with Gasteiger partial charge in [-0.05, 0) is 45.1 Å². The molecule has 152 valence electrons. The van der Waals surface area contributed by atoms with Crippen molar-refractivity contribution < 1.29 is 24.6 Å². The number of nitrogens with one attached hydrogen (secondary N) is 3. The average Bonchev–Trinajstić information content (AvgIpc) is 3.07. The van der Waals surface area contributed by atoms with Crippen LogP contribution in [0.25, 0.3) is 0 Å². The summed E-state index contributed by atoms with van der Waals surface area (Å²) in [6.07, 6.45) is 5.46. The number of aromatic amines is 2. The predicted octanol–water partition coefficient (Wildman–Crippen LogP) is -0.109. The Bertz CT molecular complexity index is 619. The number of amides is 1. The van der Waals surface area contributed by atoms with Crippen LogP contribution in [0, 0.1) is 0 Å². The van der Waals surface area contributed by atoms with Crippen molar-refractivity contribution in [2.24, 2.45) is 5.73 Å². The second kappa shape index (κ2) is 10.1. The zero-order valence-electron chi connectivity index (χ0n) is 15.3. The third-order valence-corrected chi connectivity index (χ3v) is 4.95. The lowest BCUT2D eigenvalue weighted by Gasteiger charge is -2.29. The number of aromatic nitrogens is 2. The Morgan fingerprint density at radius 2 is 2.00 bits per heavy atom. The Balaban J connectivity index is 2.05. The number of aryl methyl sites for hydroxylation is 1. The molecule has 0 aromatic carbocycles. The van der Waals surface area contributed by atoms with Crippen LogP contribution in [-0.4, -0.2) is 74.4 Å². The molecular formula is C17H29N5O5. The molecule has 0 spiro atoms. The summed E-state index contributed by atoms with van der Waals surface area (Å²) in [5.74, 6) is -2.40. The molecule has 0 radical (unpaired) electrons. The third-order valence-electron chi connectivity index (χ3n) is 4.95. The van der Waals surface area contributed by atoms with E-state index < -0.39 is 30.1 Å². The second-order valence-electron chi connectivity index (χ2n) is 6.90. The van der Waals surface area contributed by atoms with Crippen LogP contribution in [-0.2, 0) is 20.8 Å². The number of rotatable bonds is 12. The Kier molecular flexibility index (Phi) is 7.86. The van der Waals surface area contributed by atoms with Gasteiger partial charge < -0.3 is 31.0 Å². The lowest BCUT2D eigenvalue weighted by molar-refractivity contribution is -0.149. The molecule has 10 nitrogen and oxygen atoms in total. The van der Waals surface area contributed by atoms with E-state index in [1.165, 1.54) is 4.90 Å². The molecule has 0 saturated carbocycles. The quantitative estimate of drug-likeness (QED) is 0.274. The normalized spacial score (nSPS) is 19.1. The molecule has 1 aromatic heterocycles. The van der Waals surface area contributed by atoms with Crippen molar-refractivity contribution in [3.63, 3.8) is 0 Å². The van der Waals surface area contributed by atoms with E-state index in [-0.39, 0.29) is 5.91 Å². The summed E-state index contributed by atoms with van der Waals surface area (Å²) in [5.41, 5.74) is 6.42. The fraction of sp³-hybridized carbons (Fsp3) is 0.706. The molecular weight excluding hydrogens is 354 g/mol. The Hall–Kier alpha value is -2.33. The largest absolute Gasteiger partial charge is 0.480 e. The van der Waals surface area contributed by atoms with Crippen LogP contribution in [0.3, 0.4) is 0 Å². The summed E-state index contributed by atoms with van der Waals surface area (Å²) in [4.78, 5) is 37.4. The van der Waals surface area contributed by atoms with Gasteiger partial charge >= 0.3 is 11.9 Å². The molecule has 0 unspecified atom stereocenters. The summed E-state index contributed by atoms with van der Waals surface area (Å²) in [6, 6.07) is -2.47. The van der Waals surface area contributed by atoms with Gasteiger partial charge in [0.05, 0.1) is 6.04 Å². The van der Waals surface area contributed by atoms with Gasteiger partial charge in [-0.3, -0.25) is 14.9 Å². The molecule has 7 N–H and O–H groups in total. The highest BCUT2D eigenvalue weighted by atomic mass is 16.4. The molecule has 0 aliphatic carbocycles. The van der Waals surface area contributed by atoms with Crippen LogP contribution >= 0.6 is 0 Å². The van der Waals surface area contributed by atoms with Gasteiger partial charge in [-0.25, -0.2) is 4.79 Å². The standard InChI is InChI=1S/C17H29N5O5/c18-8-2-1-4-12(15(23)22-9-3-5-14(22)17(26)27)20-13(16(24)25)7-6-11-10-19-21-11/h10,12-14,19-21H,1-9,18H2,(H,24,25)(H,26,27)/t12-,13-,14-/m0/s1. The van der Waals surface area contributed by atoms with Crippen LogP contribution in [0.4, 0.5) is 0 Å². The fourth-order valence-electron chi connectivity index (χ4n) is 3.39. The first-order chi connectivity index (χ1) is 12.9. The number of aliphatic carboxylic acids is 2. The highest BCUT2D eigenvalue weighted by Crippen LogP contribution is 2.20. The number of carboxylic acid groups (broad SMARTS) is 2. The molecule has 2 heterocycles. The van der Waals surface area contributed by atoms with Gasteiger partial charge in [0.15, 0.2) is 0 Å². The Labute approximate surface area is 157 Å². The van der Waals surface area contributed by atoms with Crippen molar-refractivity contribution in [2.75, 3.05) is 13.1 Å². The molecule has 10 heteroatoms. The van der Waals surface area contributed by atoms with Gasteiger partial charge in [-0.15, -0.1) is 0 Å². The molecule has 1 aliphatic rings. The molecule has 1 aromatic rings. The van der Waals surface area contributed by atoms with E-state index in [9.17, 15) is 24.6 Å². The molecule has 1 aliphatic heterocycles. The number of nitrogens with two attached hydrogens (primary N) is 1. The van der Waals surface area contributed by atoms with E-state index in [4.69, 9.17) is 5.73 Å². The molecule has 2 rings (SSSR count). The number of carboxylic acids is 2. The van der Waals surface area contributed by atoms with E-state index in [0.717, 1.165) is 5.69 Å². The summed E-state index contributed by atoms with van der Waals surface area (Å²) in [7, 11) is 0. The average molecular weight is 383 g/mol. The molecule has 3 atom stereocenters. The number of hydrogen-bond acceptors (Lipinski definition) is 5. The SMILES string of the molecule is NCCCC[C@H](N[C@@H](CCc1c[nH][nH]1)C(=O)O)C(=O)N1CCC[C@H]1C(=O)O. The van der Waals surface area contributed by atoms with Crippen molar-refractivity contribution in [3.8, 4) is 0 Å². The number of hydrogen-bond donors (Lipinski definition) is 6. The number of unbranched alkanes of at least 4 members (excludes halogenated alkanes) is 1. The first kappa shape index (κ1) is 21.0. The molecule has 1 amide bonds. The Morgan fingerprint density at radius 3 is 2.56 bits per heavy atom. The minimum absolute atomic E-state index is 0.318. The number of likely N-dealkylation sites (tertiary alicyclic amines) is 1. The van der Waals surface area contributed by atoms with Gasteiger partial charge in [0.25, 0.3) is 0 Å². The maximum absolute atomic E-state index is 13.0. The monoisotopic (exact) mass is 383 g/mol. The maximum Gasteiger partial charge on any atom is 0.326 e. The predicted molar refractivity (Wildman–Crippen MR) is 97.1 cm³/mol. The fourth-order valence-corrected chi connectivity index (χ4v) is 3.39. The van der Waals surface area contributed by atoms with Crippen molar-refractivity contribution >= 4 is 17.8 Å². The number of H-pyrrole nitrogens is 2. The van der Waals surface area contributed by atoms with Crippen LogP contribution in [0.2, 0.25) is 0 Å². The van der Waals surface area contributed by atoms with E-state index >= 15 is 0 Å². The maximum atomic E-state index is 13.0. The van der Waals surface area contributed by atoms with E-state index in [1.54, 1.807) is 6.20 Å². The zero-order chi connectivity index (χ0) is 19.8. The van der Waals surface area contributed by atoms with Gasteiger partial charge in [0.2, 0.25) is 5.91 Å². The lowest BCUT2D eigenvalue weighted by Crippen LogP contribution is -2.54. The molecule has 27 heavy (non-hydrogen) atoms. The van der Waals surface area contributed by atoms with Crippen LogP contribution in [0.5, 0.6) is 0 Å². The highest BCUT2D eigenvalue weighted by molar-refractivity contribution is 5.88. The topological polar surface area (TPSA) is 165 Å². The van der Waals surface area contributed by atoms with Crippen LogP contribution in [0.1, 0.15) is 44.2 Å². The first-order valence-electron chi connectivity index (χ1n) is 9.36. The smallest absolute Gasteiger partial charge is 0.326 e. The number of carbonyl (C=O) groups excluding carboxylic acids is 1. The second-order valence-corrected chi connectivity index (χ2v) is 6.90. The van der Waals surface area contributed by atoms with Crippen molar-refractivity contribution in [1.82, 2.24) is 20.4 Å². The zero-order valence-corrected chi connectivity index (χ0v) is 15.3. The van der Waals surface area contributed by atoms with Crippen LogP contribution in [0.15, 0.2) is 6.20 Å². The first-order valence-corrected chi connectivity index (χ1v) is 9.36. The van der Waals surface area contributed by atoms with E-state index in [0.29, 0.717) is 58.0 Å². The minimum Gasteiger partial charge on any atom is -0.480 e. The Morgan fingerprint density at radius 1 is 1.26 bits per heavy atom. The summed E-state index contributed by atoms with van der Waals surface area (Å²) in [5, 5.41) is 27.4. The molecule has 1 saturated heterocycles. The summed E-state index contributed by atoms with van der Waals surface area (Å²) >= 11 is 0. The highest BCUT2D eigenvalue weighted by Gasteiger charge is 2.38. The summed E-state index contributed by atoms with van der Waals surface area (Å²) < 4.78 is 0. The van der Waals surface area contributed by atoms with Crippen molar-refractivity contribution in [1.29, 1.82) is 0 Å². The van der Waals surface area contributed by atoms with Crippen molar-refractivity contribution in [2.45, 2.75) is 63.1 Å². The molecule has 1 fully saturated rings. The third kappa shape index (κ3) is 5.83. The van der Waals surface area contributed by atoms with Crippen molar-refractivity contribution in [3.05, 3.63) is 11.9 Å². The van der Waals surface area contributed by atoms with Gasteiger partial charge in [-0.2, -0.15) is 0 Å². The van der Waals surface area contributed by atoms with E-state index in [1.807, 2.05) is 0 Å². The lowest BCUT2D eigenvalue weighted by atomic mass is 10.0. The summed E-state index contributed by atoms with van der Waals surface area (Å²) in [6.45, 7) is 0.864. The minimum atomic E-state index is -1.03.